The molecule has 22 heavy (non-hydrogen) atoms. The van der Waals surface area contributed by atoms with Crippen molar-refractivity contribution in [1.29, 1.82) is 0 Å². The first-order chi connectivity index (χ1) is 10.4. The highest BCUT2D eigenvalue weighted by atomic mass is 16.5. The first kappa shape index (κ1) is 16.3. The third kappa shape index (κ3) is 4.21. The maximum absolute atomic E-state index is 11.9. The largest absolute Gasteiger partial charge is 0.490 e. The van der Waals surface area contributed by atoms with Gasteiger partial charge in [-0.25, -0.2) is 0 Å². The number of likely N-dealkylation sites (tertiary alicyclic amines) is 1. The normalized spacial score (nSPS) is 20.9. The smallest absolute Gasteiger partial charge is 0.303 e. The van der Waals surface area contributed by atoms with E-state index in [-0.39, 0.29) is 31.9 Å². The number of rotatable bonds is 6. The van der Waals surface area contributed by atoms with Crippen LogP contribution < -0.4 is 4.74 Å². The molecule has 1 amide bonds. The molecule has 0 unspecified atom stereocenters. The number of carbonyl (C=O) groups is 2. The third-order valence-electron chi connectivity index (χ3n) is 3.83. The van der Waals surface area contributed by atoms with Gasteiger partial charge in [0.25, 0.3) is 0 Å². The molecule has 0 radical (unpaired) electrons. The summed E-state index contributed by atoms with van der Waals surface area (Å²) in [5.41, 5.74) is -0.0975. The van der Waals surface area contributed by atoms with Crippen LogP contribution in [0.25, 0.3) is 0 Å². The molecule has 0 aliphatic carbocycles. The number of hydrogen-bond acceptors (Lipinski definition) is 4. The van der Waals surface area contributed by atoms with Crippen molar-refractivity contribution in [2.45, 2.75) is 31.8 Å². The van der Waals surface area contributed by atoms with Crippen LogP contribution in [-0.2, 0) is 9.59 Å². The number of carbonyl (C=O) groups excluding carboxylic acids is 1. The minimum atomic E-state index is -1.08. The van der Waals surface area contributed by atoms with E-state index in [1.807, 2.05) is 31.2 Å². The van der Waals surface area contributed by atoms with Crippen molar-refractivity contribution in [2.24, 2.45) is 0 Å². The van der Waals surface area contributed by atoms with Gasteiger partial charge in [0, 0.05) is 13.0 Å². The molecule has 6 nitrogen and oxygen atoms in total. The summed E-state index contributed by atoms with van der Waals surface area (Å²) in [5, 5.41) is 19.1. The molecular weight excluding hydrogens is 286 g/mol. The van der Waals surface area contributed by atoms with E-state index < -0.39 is 11.6 Å². The predicted octanol–water partition coefficient (Wildman–Crippen LogP) is 1.20. The summed E-state index contributed by atoms with van der Waals surface area (Å²) < 4.78 is 5.67. The predicted molar refractivity (Wildman–Crippen MR) is 79.7 cm³/mol. The van der Waals surface area contributed by atoms with Crippen LogP contribution in [0.1, 0.15) is 24.8 Å². The molecule has 1 aliphatic rings. The number of para-hydroxylation sites is 1. The number of aliphatic hydroxyl groups is 1. The van der Waals surface area contributed by atoms with E-state index in [2.05, 4.69) is 0 Å². The molecule has 1 aliphatic heterocycles. The van der Waals surface area contributed by atoms with Crippen LogP contribution in [0.5, 0.6) is 5.75 Å². The summed E-state index contributed by atoms with van der Waals surface area (Å²) in [7, 11) is 0. The molecular formula is C16H21NO5. The lowest BCUT2D eigenvalue weighted by Crippen LogP contribution is -2.40. The van der Waals surface area contributed by atoms with E-state index in [1.54, 1.807) is 0 Å². The van der Waals surface area contributed by atoms with Crippen LogP contribution >= 0.6 is 0 Å². The minimum absolute atomic E-state index is 0.0376. The van der Waals surface area contributed by atoms with E-state index >= 15 is 0 Å². The molecule has 0 saturated carbocycles. The van der Waals surface area contributed by atoms with Gasteiger partial charge in [0.05, 0.1) is 13.0 Å². The van der Waals surface area contributed by atoms with Crippen molar-refractivity contribution in [3.8, 4) is 5.75 Å². The van der Waals surface area contributed by atoms with Crippen LogP contribution in [0, 0.1) is 6.92 Å². The van der Waals surface area contributed by atoms with Crippen molar-refractivity contribution < 1.29 is 24.5 Å². The Bertz CT molecular complexity index is 559. The summed E-state index contributed by atoms with van der Waals surface area (Å²) in [6, 6.07) is 7.54. The standard InChI is InChI=1S/C16H21NO5/c1-12-4-2-3-5-13(12)22-11-16(21)8-9-17(10-16)14(18)6-7-15(19)20/h2-5,21H,6-11H2,1H3,(H,19,20)/t16-/m0/s1. The van der Waals surface area contributed by atoms with Crippen molar-refractivity contribution in [3.05, 3.63) is 29.8 Å². The van der Waals surface area contributed by atoms with Gasteiger partial charge in [0.15, 0.2) is 0 Å². The molecule has 1 saturated heterocycles. The van der Waals surface area contributed by atoms with Crippen molar-refractivity contribution >= 4 is 11.9 Å². The molecule has 0 aromatic heterocycles. The molecule has 1 heterocycles. The number of ether oxygens (including phenoxy) is 1. The molecule has 0 bridgehead atoms. The fourth-order valence-corrected chi connectivity index (χ4v) is 2.49. The number of carboxylic acids is 1. The Morgan fingerprint density at radius 3 is 2.73 bits per heavy atom. The van der Waals surface area contributed by atoms with Crippen LogP contribution in [0.2, 0.25) is 0 Å². The second kappa shape index (κ2) is 6.79. The van der Waals surface area contributed by atoms with Crippen LogP contribution in [0.4, 0.5) is 0 Å². The van der Waals surface area contributed by atoms with E-state index in [0.29, 0.717) is 18.7 Å². The zero-order valence-electron chi connectivity index (χ0n) is 12.6. The maximum Gasteiger partial charge on any atom is 0.303 e. The molecule has 1 aromatic carbocycles. The number of carboxylic acid groups (broad SMARTS) is 1. The Hall–Kier alpha value is -2.08. The maximum atomic E-state index is 11.9. The molecule has 0 spiro atoms. The Morgan fingerprint density at radius 1 is 1.32 bits per heavy atom. The molecule has 6 heteroatoms. The van der Waals surface area contributed by atoms with Crippen LogP contribution in [0.15, 0.2) is 24.3 Å². The van der Waals surface area contributed by atoms with Gasteiger partial charge in [0.1, 0.15) is 18.0 Å². The highest BCUT2D eigenvalue weighted by Crippen LogP contribution is 2.25. The van der Waals surface area contributed by atoms with Gasteiger partial charge in [-0.1, -0.05) is 18.2 Å². The average Bonchev–Trinajstić information content (AvgIpc) is 2.87. The lowest BCUT2D eigenvalue weighted by Gasteiger charge is -2.24. The number of hydrogen-bond donors (Lipinski definition) is 2. The van der Waals surface area contributed by atoms with Gasteiger partial charge in [0.2, 0.25) is 5.91 Å². The Labute approximate surface area is 129 Å². The first-order valence-electron chi connectivity index (χ1n) is 7.30. The van der Waals surface area contributed by atoms with Gasteiger partial charge in [-0.3, -0.25) is 9.59 Å². The van der Waals surface area contributed by atoms with Crippen molar-refractivity contribution in [1.82, 2.24) is 4.90 Å². The molecule has 1 atom stereocenters. The highest BCUT2D eigenvalue weighted by molar-refractivity contribution is 5.81. The van der Waals surface area contributed by atoms with Crippen LogP contribution in [0.3, 0.4) is 0 Å². The molecule has 120 valence electrons. The summed E-state index contributed by atoms with van der Waals surface area (Å²) in [6.07, 6.45) is 0.204. The van der Waals surface area contributed by atoms with Gasteiger partial charge >= 0.3 is 5.97 Å². The van der Waals surface area contributed by atoms with Gasteiger partial charge in [-0.2, -0.15) is 0 Å². The molecule has 1 aromatic rings. The van der Waals surface area contributed by atoms with Gasteiger partial charge in [-0.05, 0) is 25.0 Å². The minimum Gasteiger partial charge on any atom is -0.490 e. The molecule has 2 rings (SSSR count). The summed E-state index contributed by atoms with van der Waals surface area (Å²) in [5.74, 6) is -0.522. The number of aliphatic carboxylic acids is 1. The zero-order chi connectivity index (χ0) is 16.2. The second-order valence-corrected chi connectivity index (χ2v) is 5.74. The number of nitrogens with zero attached hydrogens (tertiary/aromatic N) is 1. The van der Waals surface area contributed by atoms with E-state index in [1.165, 1.54) is 4.90 Å². The van der Waals surface area contributed by atoms with E-state index in [0.717, 1.165) is 5.56 Å². The summed E-state index contributed by atoms with van der Waals surface area (Å²) in [6.45, 7) is 2.64. The zero-order valence-corrected chi connectivity index (χ0v) is 12.6. The van der Waals surface area contributed by atoms with Gasteiger partial charge < -0.3 is 19.8 Å². The topological polar surface area (TPSA) is 87.1 Å². The highest BCUT2D eigenvalue weighted by Gasteiger charge is 2.38. The summed E-state index contributed by atoms with van der Waals surface area (Å²) >= 11 is 0. The average molecular weight is 307 g/mol. The number of benzene rings is 1. The lowest BCUT2D eigenvalue weighted by atomic mass is 10.1. The molecule has 2 N–H and O–H groups in total. The Morgan fingerprint density at radius 2 is 2.05 bits per heavy atom. The van der Waals surface area contributed by atoms with Crippen LogP contribution in [-0.4, -0.2) is 52.3 Å². The van der Waals surface area contributed by atoms with Gasteiger partial charge in [-0.15, -0.1) is 0 Å². The Balaban J connectivity index is 1.86. The fraction of sp³-hybridized carbons (Fsp3) is 0.500. The Kier molecular flexibility index (Phi) is 5.03. The second-order valence-electron chi connectivity index (χ2n) is 5.74. The molecule has 1 fully saturated rings. The number of β-amino-alcohol motifs (C(OH)–C–C–N with tert-alkyl or cyclic N) is 1. The fourth-order valence-electron chi connectivity index (χ4n) is 2.49. The number of aryl methyl sites for hydroxylation is 1. The van der Waals surface area contributed by atoms with Crippen molar-refractivity contribution in [3.63, 3.8) is 0 Å². The number of amides is 1. The lowest BCUT2D eigenvalue weighted by molar-refractivity contribution is -0.140. The van der Waals surface area contributed by atoms with Crippen molar-refractivity contribution in [2.75, 3.05) is 19.7 Å². The van der Waals surface area contributed by atoms with E-state index in [4.69, 9.17) is 9.84 Å². The first-order valence-corrected chi connectivity index (χ1v) is 7.30. The third-order valence-corrected chi connectivity index (χ3v) is 3.83. The quantitative estimate of drug-likeness (QED) is 0.824. The van der Waals surface area contributed by atoms with E-state index in [9.17, 15) is 14.7 Å². The summed E-state index contributed by atoms with van der Waals surface area (Å²) in [4.78, 5) is 23.9. The monoisotopic (exact) mass is 307 g/mol. The SMILES string of the molecule is Cc1ccccc1OC[C@]1(O)CCN(C(=O)CCC(=O)O)C1.